The second kappa shape index (κ2) is 27.9. The van der Waals surface area contributed by atoms with Gasteiger partial charge >= 0.3 is 5.97 Å². The van der Waals surface area contributed by atoms with Crippen molar-refractivity contribution in [3.63, 3.8) is 0 Å². The number of halogens is 1. The molecule has 2 N–H and O–H groups in total. The first-order valence-electron chi connectivity index (χ1n) is 27.0. The van der Waals surface area contributed by atoms with Crippen LogP contribution in [-0.4, -0.2) is 72.4 Å². The Morgan fingerprint density at radius 2 is 0.950 bits per heavy atom. The fourth-order valence-electron chi connectivity index (χ4n) is 7.94. The molecule has 0 bridgehead atoms. The number of esters is 1. The van der Waals surface area contributed by atoms with Gasteiger partial charge in [0.2, 0.25) is 9.60 Å². The number of ether oxygens (including phenoxy) is 1. The van der Waals surface area contributed by atoms with Crippen molar-refractivity contribution in [3.8, 4) is 0 Å². The van der Waals surface area contributed by atoms with E-state index >= 15 is 9.59 Å². The molecule has 5 rings (SSSR count). The van der Waals surface area contributed by atoms with Gasteiger partial charge < -0.3 is 15.4 Å². The molecule has 18 nitrogen and oxygen atoms in total. The summed E-state index contributed by atoms with van der Waals surface area (Å²) in [5.41, 5.74) is -1.65. The van der Waals surface area contributed by atoms with Crippen LogP contribution in [0.2, 0.25) is 5.02 Å². The number of aryl methyl sites for hydroxylation is 2. The van der Waals surface area contributed by atoms with E-state index in [1.807, 2.05) is 0 Å². The predicted octanol–water partition coefficient (Wildman–Crippen LogP) is 12.0. The lowest BCUT2D eigenvalue weighted by atomic mass is 9.86. The normalized spacial score (nSPS) is 13.7. The minimum atomic E-state index is -4.42. The van der Waals surface area contributed by atoms with Gasteiger partial charge in [-0.3, -0.25) is 19.2 Å². The summed E-state index contributed by atoms with van der Waals surface area (Å²) in [7, 11) is -8.84. The first-order chi connectivity index (χ1) is 37.4. The van der Waals surface area contributed by atoms with Gasteiger partial charge in [0.05, 0.1) is 38.4 Å². The molecule has 3 aromatic carbocycles. The van der Waals surface area contributed by atoms with Gasteiger partial charge in [-0.05, 0) is 56.7 Å². The van der Waals surface area contributed by atoms with Gasteiger partial charge in [0, 0.05) is 22.7 Å². The molecule has 0 aliphatic heterocycles. The Balaban J connectivity index is 1.64. The second-order valence-corrected chi connectivity index (χ2v) is 28.2. The lowest BCUT2D eigenvalue weighted by Gasteiger charge is -2.25. The van der Waals surface area contributed by atoms with Crippen molar-refractivity contribution in [1.82, 2.24) is 19.6 Å². The molecule has 2 aromatic heterocycles. The Morgan fingerprint density at radius 3 is 1.29 bits per heavy atom. The van der Waals surface area contributed by atoms with E-state index in [1.54, 1.807) is 107 Å². The number of benzene rings is 3. The van der Waals surface area contributed by atoms with Crippen LogP contribution in [0.1, 0.15) is 196 Å². The highest BCUT2D eigenvalue weighted by Crippen LogP contribution is 2.36. The largest absolute Gasteiger partial charge is 0.462 e. The van der Waals surface area contributed by atoms with Crippen LogP contribution in [0.3, 0.4) is 0 Å². The molecule has 2 unspecified atom stereocenters. The molecule has 2 amide bonds. The number of unbranched alkanes of at least 4 members (excludes halogenated alkanes) is 9. The van der Waals surface area contributed by atoms with Gasteiger partial charge in [-0.15, -0.1) is 8.80 Å². The van der Waals surface area contributed by atoms with Crippen molar-refractivity contribution in [2.24, 2.45) is 19.6 Å². The fourth-order valence-corrected chi connectivity index (χ4v) is 12.4. The minimum absolute atomic E-state index is 0.0402. The summed E-state index contributed by atoms with van der Waals surface area (Å²) >= 11 is 8.90. The van der Waals surface area contributed by atoms with Crippen LogP contribution >= 0.6 is 34.3 Å². The monoisotopic (exact) mass is 1200 g/mol. The highest BCUT2D eigenvalue weighted by molar-refractivity contribution is 7.90. The van der Waals surface area contributed by atoms with E-state index in [1.165, 1.54) is 68.5 Å². The van der Waals surface area contributed by atoms with Crippen molar-refractivity contribution < 1.29 is 45.5 Å². The highest BCUT2D eigenvalue weighted by Gasteiger charge is 2.41. The Kier molecular flexibility index (Phi) is 22.7. The van der Waals surface area contributed by atoms with Gasteiger partial charge in [0.1, 0.15) is 10.0 Å². The number of anilines is 2. The molecule has 2 heterocycles. The standard InChI is InChI=1S/C57H77ClN8O10S4/c1-14-15-16-17-18-19-20-21-22-23-32-76-53(71)39-33-42(59-49(69)45(47(67)56(8,9)10)65-54(77-51(61-65)35(2)3)63-79(72,73)40-28-24-37(6)25-29-40)44(58)43(34-39)60-50(70)46(48(68)57(11,12)13)66-55(78-52(62-66)36(4)5)64-80(74,75)41-30-26-38(7)27-31-41/h24-31,33-36,45-46H,14-23,32H2,1-13H3,(H,59,69)(H,60,70)/b63-54-,64-55-. The number of hydrogen-bond acceptors (Lipinski definition) is 14. The van der Waals surface area contributed by atoms with Crippen LogP contribution in [0.5, 0.6) is 0 Å². The topological polar surface area (TPSA) is 247 Å². The highest BCUT2D eigenvalue weighted by atomic mass is 35.5. The minimum Gasteiger partial charge on any atom is -0.462 e. The van der Waals surface area contributed by atoms with Crippen LogP contribution in [0.25, 0.3) is 0 Å². The Hall–Kier alpha value is -5.68. The van der Waals surface area contributed by atoms with E-state index < -0.39 is 72.3 Å². The number of carbonyl (C=O) groups is 5. The van der Waals surface area contributed by atoms with E-state index in [9.17, 15) is 31.2 Å². The van der Waals surface area contributed by atoms with E-state index in [0.29, 0.717) is 16.4 Å². The molecule has 0 radical (unpaired) electrons. The maximum atomic E-state index is 15.0. The number of nitrogens with one attached hydrogen (secondary N) is 2. The van der Waals surface area contributed by atoms with Crippen molar-refractivity contribution in [2.75, 3.05) is 17.2 Å². The van der Waals surface area contributed by atoms with Crippen LogP contribution in [-0.2, 0) is 44.0 Å². The number of sulfonamides is 2. The molecule has 80 heavy (non-hydrogen) atoms. The number of hydrogen-bond donors (Lipinski definition) is 2. The molecule has 23 heteroatoms. The molecule has 5 aromatic rings. The smallest absolute Gasteiger partial charge is 0.338 e. The van der Waals surface area contributed by atoms with Crippen LogP contribution < -0.4 is 20.2 Å². The Morgan fingerprint density at radius 1 is 0.600 bits per heavy atom. The zero-order chi connectivity index (χ0) is 59.5. The number of Topliss-reactive ketones (excluding diaryl/α,β-unsaturated/α-hetero) is 2. The van der Waals surface area contributed by atoms with Gasteiger partial charge in [-0.1, -0.05) is 204 Å². The third kappa shape index (κ3) is 17.4. The number of rotatable bonds is 26. The number of carbonyl (C=O) groups excluding carboxylic acids is 5. The third-order valence-corrected chi connectivity index (χ3v) is 18.4. The third-order valence-electron chi connectivity index (χ3n) is 12.7. The lowest BCUT2D eigenvalue weighted by Crippen LogP contribution is -2.43. The average molecular weight is 1200 g/mol. The summed E-state index contributed by atoms with van der Waals surface area (Å²) in [5.74, 6) is -4.97. The summed E-state index contributed by atoms with van der Waals surface area (Å²) in [6.45, 7) is 22.5. The zero-order valence-corrected chi connectivity index (χ0v) is 52.2. The number of amides is 2. The SMILES string of the molecule is CCCCCCCCCCCCOC(=O)c1cc(NC(=O)C(C(=O)C(C)(C)C)n2nc(C(C)C)s/c2=N\S(=O)(=O)c2ccc(C)cc2)c(Cl)c(NC(=O)C(C(=O)C(C)(C)C)n2nc(C(C)C)s/c2=N\S(=O)(=O)c2ccc(C)cc2)c1. The summed E-state index contributed by atoms with van der Waals surface area (Å²) in [6.07, 6.45) is 10.5. The molecule has 2 atom stereocenters. The molecular weight excluding hydrogens is 1120 g/mol. The molecule has 0 spiro atoms. The summed E-state index contributed by atoms with van der Waals surface area (Å²) < 4.78 is 71.3. The van der Waals surface area contributed by atoms with Crippen LogP contribution in [0, 0.1) is 24.7 Å². The zero-order valence-electron chi connectivity index (χ0n) is 48.1. The molecule has 0 saturated heterocycles. The molecule has 0 aliphatic carbocycles. The summed E-state index contributed by atoms with van der Waals surface area (Å²) in [5, 5.41) is 14.9. The number of nitrogens with zero attached hydrogens (tertiary/aromatic N) is 6. The molecular formula is C57H77ClN8O10S4. The van der Waals surface area contributed by atoms with Gasteiger partial charge in [0.25, 0.3) is 31.9 Å². The second-order valence-electron chi connectivity index (χ2n) is 22.6. The molecule has 0 fully saturated rings. The predicted molar refractivity (Wildman–Crippen MR) is 314 cm³/mol. The molecule has 0 saturated carbocycles. The number of aromatic nitrogens is 4. The van der Waals surface area contributed by atoms with Crippen molar-refractivity contribution in [2.45, 2.75) is 188 Å². The molecule has 0 aliphatic rings. The van der Waals surface area contributed by atoms with Gasteiger partial charge in [-0.25, -0.2) is 14.2 Å². The van der Waals surface area contributed by atoms with Gasteiger partial charge in [0.15, 0.2) is 23.7 Å². The first kappa shape index (κ1) is 65.1. The quantitative estimate of drug-likeness (QED) is 0.0298. The van der Waals surface area contributed by atoms with E-state index in [4.69, 9.17) is 16.3 Å². The van der Waals surface area contributed by atoms with Crippen LogP contribution in [0.15, 0.2) is 79.3 Å². The van der Waals surface area contributed by atoms with Crippen molar-refractivity contribution in [1.29, 1.82) is 0 Å². The summed E-state index contributed by atoms with van der Waals surface area (Å²) in [6, 6.07) is 10.7. The van der Waals surface area contributed by atoms with Crippen molar-refractivity contribution >= 4 is 95.0 Å². The van der Waals surface area contributed by atoms with Crippen LogP contribution in [0.4, 0.5) is 11.4 Å². The summed E-state index contributed by atoms with van der Waals surface area (Å²) in [4.78, 5) is 72.5. The van der Waals surface area contributed by atoms with Gasteiger partial charge in [-0.2, -0.15) is 27.0 Å². The lowest BCUT2D eigenvalue weighted by molar-refractivity contribution is -0.137. The average Bonchev–Trinajstić information content (AvgIpc) is 4.16. The molecule has 436 valence electrons. The maximum Gasteiger partial charge on any atom is 0.338 e. The van der Waals surface area contributed by atoms with Crippen molar-refractivity contribution in [3.05, 3.63) is 102 Å². The Bertz CT molecular complexity index is 3200. The van der Waals surface area contributed by atoms with E-state index in [-0.39, 0.29) is 59.8 Å². The number of ketones is 2. The fraction of sp³-hybridized carbons (Fsp3) is 0.526. The van der Waals surface area contributed by atoms with E-state index in [0.717, 1.165) is 68.8 Å². The van der Waals surface area contributed by atoms with E-state index in [2.05, 4.69) is 36.6 Å². The Labute approximate surface area is 484 Å². The maximum absolute atomic E-state index is 15.0. The first-order valence-corrected chi connectivity index (χ1v) is 31.9.